The number of hydrogen-bond acceptors (Lipinski definition) is 9. The van der Waals surface area contributed by atoms with Gasteiger partial charge in [0.15, 0.2) is 0 Å². The van der Waals surface area contributed by atoms with Crippen molar-refractivity contribution in [2.24, 2.45) is 5.41 Å². The van der Waals surface area contributed by atoms with Gasteiger partial charge >= 0.3 is 12.3 Å². The van der Waals surface area contributed by atoms with Crippen molar-refractivity contribution in [2.75, 3.05) is 6.54 Å². The average Bonchev–Trinajstić information content (AvgIpc) is 3.81. The molecule has 2 aliphatic rings. The summed E-state index contributed by atoms with van der Waals surface area (Å²) in [5, 5.41) is 4.78. The van der Waals surface area contributed by atoms with Gasteiger partial charge < -0.3 is 25.0 Å². The maximum Gasteiger partial charge on any atom is 0.433 e. The zero-order valence-corrected chi connectivity index (χ0v) is 31.7. The van der Waals surface area contributed by atoms with Crippen LogP contribution in [-0.4, -0.2) is 83.2 Å². The van der Waals surface area contributed by atoms with E-state index in [4.69, 9.17) is 9.47 Å². The van der Waals surface area contributed by atoms with Crippen LogP contribution in [0.5, 0.6) is 5.75 Å². The van der Waals surface area contributed by atoms with E-state index in [0.29, 0.717) is 12.8 Å². The molecule has 53 heavy (non-hydrogen) atoms. The predicted molar refractivity (Wildman–Crippen MR) is 190 cm³/mol. The predicted octanol–water partition coefficient (Wildman–Crippen LogP) is 4.99. The summed E-state index contributed by atoms with van der Waals surface area (Å²) in [5.74, 6) is -2.74. The highest BCUT2D eigenvalue weighted by molar-refractivity contribution is 7.91. The third-order valence-corrected chi connectivity index (χ3v) is 10.7. The van der Waals surface area contributed by atoms with Gasteiger partial charge in [-0.2, -0.15) is 13.2 Å². The van der Waals surface area contributed by atoms with E-state index >= 15 is 0 Å². The molecule has 0 bridgehead atoms. The minimum absolute atomic E-state index is 0.0112. The maximum atomic E-state index is 14.4. The Morgan fingerprint density at radius 3 is 2.26 bits per heavy atom. The van der Waals surface area contributed by atoms with Gasteiger partial charge in [0.1, 0.15) is 40.8 Å². The van der Waals surface area contributed by atoms with Crippen molar-refractivity contribution in [3.63, 3.8) is 0 Å². The summed E-state index contributed by atoms with van der Waals surface area (Å²) in [6.45, 7) is 14.7. The van der Waals surface area contributed by atoms with Crippen LogP contribution in [0.2, 0.25) is 0 Å². The molecule has 1 aromatic heterocycles. The van der Waals surface area contributed by atoms with Crippen molar-refractivity contribution in [3.8, 4) is 5.75 Å². The molecule has 3 N–H and O–H groups in total. The summed E-state index contributed by atoms with van der Waals surface area (Å²) in [4.78, 5) is 60.0. The van der Waals surface area contributed by atoms with Gasteiger partial charge in [0.2, 0.25) is 21.8 Å². The van der Waals surface area contributed by atoms with Crippen LogP contribution in [0.4, 0.5) is 18.0 Å². The number of sulfonamides is 1. The van der Waals surface area contributed by atoms with E-state index in [1.807, 2.05) is 0 Å². The quantitative estimate of drug-likeness (QED) is 0.252. The van der Waals surface area contributed by atoms with Crippen LogP contribution in [0.1, 0.15) is 86.3 Å². The number of rotatable bonds is 12. The van der Waals surface area contributed by atoms with Gasteiger partial charge in [0.05, 0.1) is 17.3 Å². The zero-order chi connectivity index (χ0) is 39.7. The first kappa shape index (κ1) is 41.3. The summed E-state index contributed by atoms with van der Waals surface area (Å²) >= 11 is 0. The number of para-hydroxylation sites is 1. The number of benzene rings is 1. The van der Waals surface area contributed by atoms with E-state index in [1.54, 1.807) is 47.6 Å². The number of likely N-dealkylation sites (tertiary alicyclic amines) is 1. The number of nitrogens with one attached hydrogen (secondary N) is 3. The highest BCUT2D eigenvalue weighted by Crippen LogP contribution is 2.36. The fourth-order valence-electron chi connectivity index (χ4n) is 5.86. The number of carbonyl (C=O) groups is 4. The van der Waals surface area contributed by atoms with Crippen LogP contribution in [-0.2, 0) is 35.3 Å². The second-order valence-corrected chi connectivity index (χ2v) is 17.7. The van der Waals surface area contributed by atoms with Gasteiger partial charge in [-0.1, -0.05) is 39.0 Å². The second kappa shape index (κ2) is 15.1. The lowest BCUT2D eigenvalue weighted by molar-refractivity contribution is -0.143. The Morgan fingerprint density at radius 1 is 1.06 bits per heavy atom. The third-order valence-electron chi connectivity index (χ3n) is 8.83. The second-order valence-electron chi connectivity index (χ2n) is 15.8. The number of pyridine rings is 1. The number of alkyl halides is 3. The number of alkyl carbamates (subject to hydrolysis) is 1. The minimum atomic E-state index is -4.81. The molecule has 1 saturated heterocycles. The fraction of sp³-hybridized carbons (Fsp3) is 0.583. The summed E-state index contributed by atoms with van der Waals surface area (Å²) < 4.78 is 80.6. The average molecular weight is 768 g/mol. The van der Waals surface area contributed by atoms with Crippen LogP contribution in [0, 0.1) is 5.41 Å². The van der Waals surface area contributed by atoms with E-state index in [2.05, 4.69) is 26.9 Å². The monoisotopic (exact) mass is 767 g/mol. The molecular formula is C36H48F3N5O8S. The van der Waals surface area contributed by atoms with Crippen LogP contribution in [0.15, 0.2) is 43.0 Å². The van der Waals surface area contributed by atoms with Crippen molar-refractivity contribution in [3.05, 3.63) is 48.7 Å². The molecule has 292 valence electrons. The first-order valence-electron chi connectivity index (χ1n) is 17.3. The number of fused-ring (bicyclic) bond motifs is 1. The SMILES string of the molecule is C=CCCC(C)(NC(=O)C1CC(Oc2cc(C(F)(F)F)nc3ccccc23)CN1C(=O)C(NC(=O)OC(C)(C)C)C(C)(C)C)C(=O)NS(=O)(=O)C1CC1. The fourth-order valence-corrected chi connectivity index (χ4v) is 7.27. The van der Waals surface area contributed by atoms with E-state index in [1.165, 1.54) is 31.2 Å². The number of halogens is 3. The van der Waals surface area contributed by atoms with E-state index in [9.17, 15) is 40.8 Å². The Labute approximate surface area is 307 Å². The molecule has 1 aliphatic carbocycles. The summed E-state index contributed by atoms with van der Waals surface area (Å²) in [7, 11) is -4.00. The van der Waals surface area contributed by atoms with Gasteiger partial charge in [0.25, 0.3) is 5.91 Å². The Balaban J connectivity index is 1.72. The number of hydrogen-bond donors (Lipinski definition) is 3. The van der Waals surface area contributed by atoms with E-state index in [0.717, 1.165) is 11.0 Å². The third kappa shape index (κ3) is 10.4. The molecule has 1 aromatic carbocycles. The summed E-state index contributed by atoms with van der Waals surface area (Å²) in [6, 6.07) is 4.16. The zero-order valence-electron chi connectivity index (χ0n) is 30.9. The normalized spacial score (nSPS) is 19.8. The molecule has 1 aliphatic heterocycles. The molecular weight excluding hydrogens is 719 g/mol. The van der Waals surface area contributed by atoms with Crippen LogP contribution >= 0.6 is 0 Å². The summed E-state index contributed by atoms with van der Waals surface area (Å²) in [5.41, 5.74) is -4.83. The summed E-state index contributed by atoms with van der Waals surface area (Å²) in [6.07, 6.45) is -4.56. The number of ether oxygens (including phenoxy) is 2. The van der Waals surface area contributed by atoms with E-state index < -0.39 is 85.7 Å². The lowest BCUT2D eigenvalue weighted by Gasteiger charge is -2.36. The first-order valence-corrected chi connectivity index (χ1v) is 18.8. The minimum Gasteiger partial charge on any atom is -0.488 e. The Morgan fingerprint density at radius 2 is 1.70 bits per heavy atom. The lowest BCUT2D eigenvalue weighted by atomic mass is 9.85. The van der Waals surface area contributed by atoms with Crippen LogP contribution in [0.25, 0.3) is 10.9 Å². The van der Waals surface area contributed by atoms with Gasteiger partial charge in [-0.3, -0.25) is 19.1 Å². The molecule has 4 amide bonds. The van der Waals surface area contributed by atoms with Crippen molar-refractivity contribution in [2.45, 2.75) is 121 Å². The van der Waals surface area contributed by atoms with E-state index in [-0.39, 0.29) is 42.5 Å². The molecule has 2 aromatic rings. The smallest absolute Gasteiger partial charge is 0.433 e. The molecule has 2 heterocycles. The van der Waals surface area contributed by atoms with Crippen molar-refractivity contribution >= 4 is 44.7 Å². The molecule has 2 fully saturated rings. The molecule has 0 spiro atoms. The lowest BCUT2D eigenvalue weighted by Crippen LogP contribution is -2.62. The first-order chi connectivity index (χ1) is 24.3. The molecule has 4 atom stereocenters. The molecule has 13 nitrogen and oxygen atoms in total. The molecule has 4 rings (SSSR count). The molecule has 1 saturated carbocycles. The number of aromatic nitrogens is 1. The number of amides is 4. The number of allylic oxidation sites excluding steroid dienone is 1. The topological polar surface area (TPSA) is 173 Å². The Kier molecular flexibility index (Phi) is 11.8. The van der Waals surface area contributed by atoms with Crippen molar-refractivity contribution < 1.29 is 50.2 Å². The van der Waals surface area contributed by atoms with Crippen molar-refractivity contribution in [1.82, 2.24) is 25.2 Å². The Bertz CT molecular complexity index is 1850. The van der Waals surface area contributed by atoms with Gasteiger partial charge in [-0.05, 0) is 70.9 Å². The largest absolute Gasteiger partial charge is 0.488 e. The Hall–Kier alpha value is -4.41. The standard InChI is InChI=1S/C36H48F3N5O8S/c1-9-10-17-35(8,31(47)43-53(49,50)22-15-16-22)42-29(45)25-18-21(51-26-19-27(36(37,38)39)40-24-14-12-11-13-23(24)26)20-44(25)30(46)28(33(2,3)4)41-32(48)52-34(5,6)7/h9,11-14,19,21-22,25,28H,1,10,15-18,20H2,2-8H3,(H,41,48)(H,42,45)(H,43,47). The van der Waals surface area contributed by atoms with Gasteiger partial charge in [0, 0.05) is 17.9 Å². The van der Waals surface area contributed by atoms with Gasteiger partial charge in [-0.15, -0.1) is 6.58 Å². The number of nitrogens with zero attached hydrogens (tertiary/aromatic N) is 2. The van der Waals surface area contributed by atoms with Gasteiger partial charge in [-0.25, -0.2) is 18.2 Å². The van der Waals surface area contributed by atoms with Crippen LogP contribution < -0.4 is 20.1 Å². The number of carbonyl (C=O) groups excluding carboxylic acids is 4. The maximum absolute atomic E-state index is 14.4. The molecule has 4 unspecified atom stereocenters. The highest BCUT2D eigenvalue weighted by atomic mass is 32.2. The molecule has 0 radical (unpaired) electrons. The van der Waals surface area contributed by atoms with Crippen molar-refractivity contribution in [1.29, 1.82) is 0 Å². The molecule has 17 heteroatoms. The highest BCUT2D eigenvalue weighted by Gasteiger charge is 2.49. The van der Waals surface area contributed by atoms with Crippen LogP contribution in [0.3, 0.4) is 0 Å².